The third-order valence-corrected chi connectivity index (χ3v) is 9.07. The maximum Gasteiger partial charge on any atom is 0.182 e. The number of nitrogens with one attached hydrogen (secondary N) is 1. The molecule has 0 bridgehead atoms. The zero-order chi connectivity index (χ0) is 21.2. The Hall–Kier alpha value is -2.15. The van der Waals surface area contributed by atoms with E-state index in [4.69, 9.17) is 0 Å². The molecule has 0 aliphatic heterocycles. The van der Waals surface area contributed by atoms with Crippen molar-refractivity contribution in [2.75, 3.05) is 0 Å². The fraction of sp³-hybridized carbons (Fsp3) is 0.308. The van der Waals surface area contributed by atoms with Crippen molar-refractivity contribution < 1.29 is 4.57 Å². The smallest absolute Gasteiger partial charge is 0.182 e. The second-order valence-corrected chi connectivity index (χ2v) is 12.2. The summed E-state index contributed by atoms with van der Waals surface area (Å²) in [5, 5.41) is 4.12. The molecule has 0 radical (unpaired) electrons. The lowest BCUT2D eigenvalue weighted by Gasteiger charge is -2.37. The molecule has 29 heavy (non-hydrogen) atoms. The third kappa shape index (κ3) is 4.39. The van der Waals surface area contributed by atoms with Gasteiger partial charge in [0.15, 0.2) is 7.29 Å². The van der Waals surface area contributed by atoms with Crippen LogP contribution in [-0.4, -0.2) is 5.16 Å². The van der Waals surface area contributed by atoms with Gasteiger partial charge >= 0.3 is 0 Å². The first-order valence-electron chi connectivity index (χ1n) is 10.2. The maximum atomic E-state index is 14.6. The Kier molecular flexibility index (Phi) is 6.17. The average molecular weight is 406 g/mol. The first kappa shape index (κ1) is 21.6. The molecule has 2 nitrogen and oxygen atoms in total. The molecule has 0 fully saturated rings. The van der Waals surface area contributed by atoms with Crippen LogP contribution in [0.4, 0.5) is 0 Å². The van der Waals surface area contributed by atoms with Crippen LogP contribution in [0.2, 0.25) is 0 Å². The van der Waals surface area contributed by atoms with Crippen molar-refractivity contribution in [3.05, 3.63) is 101 Å². The molecule has 0 spiro atoms. The molecule has 0 amide bonds. The highest BCUT2D eigenvalue weighted by atomic mass is 31.2. The van der Waals surface area contributed by atoms with Gasteiger partial charge in [-0.25, -0.2) is 0 Å². The van der Waals surface area contributed by atoms with Crippen LogP contribution in [0.15, 0.2) is 72.8 Å². The molecule has 0 aromatic heterocycles. The van der Waals surface area contributed by atoms with Gasteiger partial charge in [0.1, 0.15) is 0 Å². The Morgan fingerprint density at radius 1 is 0.793 bits per heavy atom. The first-order chi connectivity index (χ1) is 13.6. The highest BCUT2D eigenvalue weighted by Crippen LogP contribution is 2.55. The Balaban J connectivity index is 2.21. The van der Waals surface area contributed by atoms with E-state index < -0.39 is 12.4 Å². The third-order valence-electron chi connectivity index (χ3n) is 5.54. The highest BCUT2D eigenvalue weighted by molar-refractivity contribution is 7.71. The van der Waals surface area contributed by atoms with Gasteiger partial charge in [-0.15, -0.1) is 0 Å². The van der Waals surface area contributed by atoms with E-state index in [1.165, 1.54) is 22.3 Å². The van der Waals surface area contributed by atoms with E-state index in [9.17, 15) is 4.57 Å². The molecular formula is C26H32NOP. The van der Waals surface area contributed by atoms with Gasteiger partial charge in [0.25, 0.3) is 0 Å². The molecule has 0 unspecified atom stereocenters. The second kappa shape index (κ2) is 8.30. The van der Waals surface area contributed by atoms with Crippen LogP contribution in [0.1, 0.15) is 54.6 Å². The van der Waals surface area contributed by atoms with E-state index in [1.807, 2.05) is 48.5 Å². The molecule has 3 rings (SSSR count). The lowest BCUT2D eigenvalue weighted by molar-refractivity contribution is 0.536. The molecule has 0 aliphatic rings. The molecule has 0 aliphatic carbocycles. The zero-order valence-electron chi connectivity index (χ0n) is 18.4. The molecule has 0 saturated heterocycles. The molecule has 1 N–H and O–H groups in total. The second-order valence-electron chi connectivity index (χ2n) is 8.90. The van der Waals surface area contributed by atoms with Crippen molar-refractivity contribution in [2.24, 2.45) is 0 Å². The quantitative estimate of drug-likeness (QED) is 0.479. The average Bonchev–Trinajstić information content (AvgIpc) is 2.67. The normalized spacial score (nSPS) is 15.0. The van der Waals surface area contributed by atoms with E-state index in [-0.39, 0.29) is 6.04 Å². The highest BCUT2D eigenvalue weighted by Gasteiger charge is 2.40. The summed E-state index contributed by atoms with van der Waals surface area (Å²) in [5.41, 5.74) is 6.03. The standard InChI is InChI=1S/C26H32NOP/c1-19-17-20(2)24(21(3)18-19)25(22-13-9-7-10-14-22)27-29(28,26(4,5)6)23-15-11-8-12-16-23/h7-18,25H,1-6H3,(H,27,28)/t25-,29-/m0/s1. The molecule has 2 atom stereocenters. The molecule has 0 saturated carbocycles. The van der Waals surface area contributed by atoms with Gasteiger partial charge in [-0.2, -0.15) is 0 Å². The van der Waals surface area contributed by atoms with Gasteiger partial charge in [-0.1, -0.05) is 99.1 Å². The van der Waals surface area contributed by atoms with Crippen molar-refractivity contribution in [3.8, 4) is 0 Å². The van der Waals surface area contributed by atoms with Crippen LogP contribution in [0.3, 0.4) is 0 Å². The van der Waals surface area contributed by atoms with Crippen LogP contribution in [0, 0.1) is 20.8 Å². The number of hydrogen-bond donors (Lipinski definition) is 1. The minimum Gasteiger partial charge on any atom is -0.301 e. The largest absolute Gasteiger partial charge is 0.301 e. The van der Waals surface area contributed by atoms with E-state index in [0.717, 1.165) is 10.9 Å². The fourth-order valence-corrected chi connectivity index (χ4v) is 6.62. The monoisotopic (exact) mass is 405 g/mol. The minimum atomic E-state index is -2.94. The molecule has 0 heterocycles. The van der Waals surface area contributed by atoms with Crippen molar-refractivity contribution in [2.45, 2.75) is 52.7 Å². The summed E-state index contributed by atoms with van der Waals surface area (Å²) in [6, 6.07) is 24.5. The predicted molar refractivity (Wildman–Crippen MR) is 126 cm³/mol. The van der Waals surface area contributed by atoms with Gasteiger partial charge in [0.05, 0.1) is 6.04 Å². The van der Waals surface area contributed by atoms with Crippen LogP contribution < -0.4 is 10.4 Å². The molecule has 3 aromatic rings. The number of aryl methyl sites for hydroxylation is 3. The van der Waals surface area contributed by atoms with Crippen LogP contribution in [0.25, 0.3) is 0 Å². The van der Waals surface area contributed by atoms with Crippen LogP contribution >= 0.6 is 7.29 Å². The Labute approximate surface area is 175 Å². The number of rotatable bonds is 5. The van der Waals surface area contributed by atoms with Gasteiger partial charge < -0.3 is 4.57 Å². The van der Waals surface area contributed by atoms with E-state index in [1.54, 1.807) is 0 Å². The van der Waals surface area contributed by atoms with E-state index >= 15 is 0 Å². The summed E-state index contributed by atoms with van der Waals surface area (Å²) in [6.07, 6.45) is 0. The molecular weight excluding hydrogens is 373 g/mol. The van der Waals surface area contributed by atoms with Crippen molar-refractivity contribution in [3.63, 3.8) is 0 Å². The number of hydrogen-bond acceptors (Lipinski definition) is 1. The van der Waals surface area contributed by atoms with Gasteiger partial charge in [-0.05, 0) is 43.0 Å². The lowest BCUT2D eigenvalue weighted by atomic mass is 9.90. The predicted octanol–water partition coefficient (Wildman–Crippen LogP) is 6.69. The Morgan fingerprint density at radius 2 is 1.28 bits per heavy atom. The van der Waals surface area contributed by atoms with Crippen LogP contribution in [0.5, 0.6) is 0 Å². The van der Waals surface area contributed by atoms with Gasteiger partial charge in [0, 0.05) is 10.5 Å². The van der Waals surface area contributed by atoms with Crippen molar-refractivity contribution in [1.29, 1.82) is 0 Å². The molecule has 3 heteroatoms. The SMILES string of the molecule is Cc1cc(C)c([C@@H](N[P@](=O)(c2ccccc2)C(C)(C)C)c2ccccc2)c(C)c1. The lowest BCUT2D eigenvalue weighted by Crippen LogP contribution is -2.35. The zero-order valence-corrected chi connectivity index (χ0v) is 19.3. The summed E-state index contributed by atoms with van der Waals surface area (Å²) in [4.78, 5) is 0. The topological polar surface area (TPSA) is 29.1 Å². The Bertz CT molecular complexity index is 997. The van der Waals surface area contributed by atoms with E-state index in [2.05, 4.69) is 70.9 Å². The van der Waals surface area contributed by atoms with Crippen molar-refractivity contribution in [1.82, 2.24) is 5.09 Å². The van der Waals surface area contributed by atoms with Crippen LogP contribution in [-0.2, 0) is 4.57 Å². The molecule has 152 valence electrons. The first-order valence-corrected chi connectivity index (χ1v) is 11.9. The molecule has 3 aromatic carbocycles. The summed E-state index contributed by atoms with van der Waals surface area (Å²) >= 11 is 0. The fourth-order valence-electron chi connectivity index (χ4n) is 4.07. The summed E-state index contributed by atoms with van der Waals surface area (Å²) < 4.78 is 14.6. The summed E-state index contributed by atoms with van der Waals surface area (Å²) in [5.74, 6) is 0. The summed E-state index contributed by atoms with van der Waals surface area (Å²) in [7, 11) is -2.94. The summed E-state index contributed by atoms with van der Waals surface area (Å²) in [6.45, 7) is 12.6. The Morgan fingerprint density at radius 3 is 1.76 bits per heavy atom. The van der Waals surface area contributed by atoms with E-state index in [0.29, 0.717) is 0 Å². The number of benzene rings is 3. The van der Waals surface area contributed by atoms with Gasteiger partial charge in [-0.3, -0.25) is 5.09 Å². The van der Waals surface area contributed by atoms with Gasteiger partial charge in [0.2, 0.25) is 0 Å². The minimum absolute atomic E-state index is 0.151. The van der Waals surface area contributed by atoms with Crippen molar-refractivity contribution >= 4 is 12.6 Å². The maximum absolute atomic E-state index is 14.6.